The molecule has 0 bridgehead atoms. The molecule has 0 aromatic rings. The molecule has 0 spiro atoms. The van der Waals surface area contributed by atoms with Crippen LogP contribution < -0.4 is 0 Å². The highest BCUT2D eigenvalue weighted by Crippen LogP contribution is 2.41. The van der Waals surface area contributed by atoms with E-state index < -0.39 is 0 Å². The molecule has 2 rings (SSSR count). The van der Waals surface area contributed by atoms with Gasteiger partial charge in [0.15, 0.2) is 0 Å². The molecule has 1 aliphatic carbocycles. The Hall–Kier alpha value is -0.0800. The molecule has 2 aliphatic rings. The van der Waals surface area contributed by atoms with Crippen LogP contribution in [0.5, 0.6) is 0 Å². The third-order valence-electron chi connectivity index (χ3n) is 3.67. The highest BCUT2D eigenvalue weighted by molar-refractivity contribution is 5.01. The molecule has 1 saturated heterocycles. The third kappa shape index (κ3) is 1.17. The van der Waals surface area contributed by atoms with Crippen LogP contribution in [0.2, 0.25) is 0 Å². The Balaban J connectivity index is 2.07. The first-order valence-corrected chi connectivity index (χ1v) is 5.04. The summed E-state index contributed by atoms with van der Waals surface area (Å²) in [6.45, 7) is 6.11. The normalized spacial score (nSPS) is 35.8. The Bertz CT molecular complexity index is 175. The smallest absolute Gasteiger partial charge is 0.0477 e. The number of nitrogens with zero attached hydrogens (tertiary/aromatic N) is 1. The zero-order chi connectivity index (χ0) is 8.77. The van der Waals surface area contributed by atoms with Crippen LogP contribution in [-0.2, 0) is 0 Å². The molecule has 2 nitrogen and oxygen atoms in total. The summed E-state index contributed by atoms with van der Waals surface area (Å²) < 4.78 is 0. The first kappa shape index (κ1) is 8.52. The van der Waals surface area contributed by atoms with Crippen molar-refractivity contribution in [2.45, 2.75) is 44.7 Å². The number of rotatable bonds is 2. The zero-order valence-electron chi connectivity index (χ0n) is 8.08. The van der Waals surface area contributed by atoms with Crippen molar-refractivity contribution in [1.82, 2.24) is 4.90 Å². The number of hydrogen-bond donors (Lipinski definition) is 1. The summed E-state index contributed by atoms with van der Waals surface area (Å²) in [5, 5.41) is 9.19. The predicted molar refractivity (Wildman–Crippen MR) is 49.0 cm³/mol. The van der Waals surface area contributed by atoms with Gasteiger partial charge in [0.25, 0.3) is 0 Å². The molecule has 0 aromatic heterocycles. The van der Waals surface area contributed by atoms with Gasteiger partial charge in [0.2, 0.25) is 0 Å². The van der Waals surface area contributed by atoms with Crippen LogP contribution in [0.1, 0.15) is 33.1 Å². The molecular weight excluding hydrogens is 150 g/mol. The van der Waals surface area contributed by atoms with Crippen molar-refractivity contribution in [2.24, 2.45) is 5.92 Å². The highest BCUT2D eigenvalue weighted by Gasteiger charge is 2.46. The average molecular weight is 169 g/mol. The molecule has 1 aliphatic heterocycles. The van der Waals surface area contributed by atoms with E-state index >= 15 is 0 Å². The minimum atomic E-state index is 0.246. The summed E-state index contributed by atoms with van der Waals surface area (Å²) in [5.41, 5.74) is 0.246. The lowest BCUT2D eigenvalue weighted by Crippen LogP contribution is -2.44. The summed E-state index contributed by atoms with van der Waals surface area (Å²) in [5.74, 6) is 0.498. The topological polar surface area (TPSA) is 23.5 Å². The molecule has 0 amide bonds. The van der Waals surface area contributed by atoms with E-state index in [9.17, 15) is 5.11 Å². The zero-order valence-corrected chi connectivity index (χ0v) is 8.08. The van der Waals surface area contributed by atoms with E-state index in [0.717, 1.165) is 6.04 Å². The van der Waals surface area contributed by atoms with E-state index in [2.05, 4.69) is 18.7 Å². The van der Waals surface area contributed by atoms with Crippen molar-refractivity contribution in [2.75, 3.05) is 13.2 Å². The van der Waals surface area contributed by atoms with Crippen molar-refractivity contribution in [3.05, 3.63) is 0 Å². The second kappa shape index (κ2) is 2.71. The molecular formula is C10H19NO. The first-order valence-electron chi connectivity index (χ1n) is 5.04. The fourth-order valence-corrected chi connectivity index (χ4v) is 2.52. The maximum Gasteiger partial charge on any atom is 0.0477 e. The monoisotopic (exact) mass is 169 g/mol. The van der Waals surface area contributed by atoms with Gasteiger partial charge in [-0.2, -0.15) is 0 Å². The van der Waals surface area contributed by atoms with Crippen LogP contribution in [0.3, 0.4) is 0 Å². The summed E-state index contributed by atoms with van der Waals surface area (Å²) in [7, 11) is 0. The number of likely N-dealkylation sites (tertiary alicyclic amines) is 1. The van der Waals surface area contributed by atoms with E-state index in [1.54, 1.807) is 0 Å². The second-order valence-corrected chi connectivity index (χ2v) is 4.75. The largest absolute Gasteiger partial charge is 0.396 e. The summed E-state index contributed by atoms with van der Waals surface area (Å²) in [4.78, 5) is 2.59. The lowest BCUT2D eigenvalue weighted by molar-refractivity contribution is 0.0943. The fourth-order valence-electron chi connectivity index (χ4n) is 2.52. The maximum atomic E-state index is 9.19. The van der Waals surface area contributed by atoms with Gasteiger partial charge in [-0.05, 0) is 39.7 Å². The summed E-state index contributed by atoms with van der Waals surface area (Å²) in [6, 6.07) is 0.844. The molecule has 12 heavy (non-hydrogen) atoms. The van der Waals surface area contributed by atoms with Crippen molar-refractivity contribution < 1.29 is 5.11 Å². The standard InChI is InChI=1S/C10H19NO/c1-10(2)8(7-12)5-6-11(10)9-3-4-9/h8-9,12H,3-7H2,1-2H3. The quantitative estimate of drug-likeness (QED) is 0.672. The van der Waals surface area contributed by atoms with Gasteiger partial charge in [-0.25, -0.2) is 0 Å². The van der Waals surface area contributed by atoms with Crippen LogP contribution in [0.4, 0.5) is 0 Å². The van der Waals surface area contributed by atoms with Gasteiger partial charge in [-0.1, -0.05) is 0 Å². The van der Waals surface area contributed by atoms with Gasteiger partial charge in [0, 0.05) is 24.1 Å². The number of aliphatic hydroxyl groups excluding tert-OH is 1. The van der Waals surface area contributed by atoms with E-state index in [1.807, 2.05) is 0 Å². The van der Waals surface area contributed by atoms with Crippen molar-refractivity contribution in [3.8, 4) is 0 Å². The summed E-state index contributed by atoms with van der Waals surface area (Å²) >= 11 is 0. The van der Waals surface area contributed by atoms with Crippen molar-refractivity contribution in [3.63, 3.8) is 0 Å². The Morgan fingerprint density at radius 1 is 1.33 bits per heavy atom. The number of hydrogen-bond acceptors (Lipinski definition) is 2. The van der Waals surface area contributed by atoms with Gasteiger partial charge in [-0.15, -0.1) is 0 Å². The molecule has 0 aromatic carbocycles. The van der Waals surface area contributed by atoms with Crippen LogP contribution in [0.25, 0.3) is 0 Å². The van der Waals surface area contributed by atoms with Gasteiger partial charge in [0.1, 0.15) is 0 Å². The minimum absolute atomic E-state index is 0.246. The molecule has 1 saturated carbocycles. The first-order chi connectivity index (χ1) is 5.66. The SMILES string of the molecule is CC1(C)C(CO)CCN1C1CC1. The molecule has 2 heteroatoms. The highest BCUT2D eigenvalue weighted by atomic mass is 16.3. The Labute approximate surface area is 74.6 Å². The average Bonchev–Trinajstić information content (AvgIpc) is 2.76. The van der Waals surface area contributed by atoms with Crippen molar-refractivity contribution >= 4 is 0 Å². The van der Waals surface area contributed by atoms with Gasteiger partial charge in [-0.3, -0.25) is 4.90 Å². The number of aliphatic hydroxyl groups is 1. The Kier molecular flexibility index (Phi) is 1.92. The predicted octanol–water partition coefficient (Wildman–Crippen LogP) is 1.24. The van der Waals surface area contributed by atoms with Gasteiger partial charge < -0.3 is 5.11 Å². The van der Waals surface area contributed by atoms with Crippen LogP contribution >= 0.6 is 0 Å². The van der Waals surface area contributed by atoms with E-state index in [4.69, 9.17) is 0 Å². The summed E-state index contributed by atoms with van der Waals surface area (Å²) in [6.07, 6.45) is 3.93. The van der Waals surface area contributed by atoms with E-state index in [1.165, 1.54) is 25.8 Å². The third-order valence-corrected chi connectivity index (χ3v) is 3.67. The second-order valence-electron chi connectivity index (χ2n) is 4.75. The van der Waals surface area contributed by atoms with Crippen molar-refractivity contribution in [1.29, 1.82) is 0 Å². The lowest BCUT2D eigenvalue weighted by atomic mass is 9.89. The maximum absolute atomic E-state index is 9.19. The molecule has 70 valence electrons. The Morgan fingerprint density at radius 3 is 2.42 bits per heavy atom. The molecule has 1 heterocycles. The molecule has 1 atom stereocenters. The van der Waals surface area contributed by atoms with Crippen LogP contribution in [-0.4, -0.2) is 34.7 Å². The molecule has 2 fully saturated rings. The van der Waals surface area contributed by atoms with Gasteiger partial charge in [0.05, 0.1) is 0 Å². The molecule has 1 N–H and O–H groups in total. The van der Waals surface area contributed by atoms with E-state index in [0.29, 0.717) is 12.5 Å². The minimum Gasteiger partial charge on any atom is -0.396 e. The van der Waals surface area contributed by atoms with Gasteiger partial charge >= 0.3 is 0 Å². The van der Waals surface area contributed by atoms with E-state index in [-0.39, 0.29) is 5.54 Å². The fraction of sp³-hybridized carbons (Fsp3) is 1.00. The molecule has 0 radical (unpaired) electrons. The van der Waals surface area contributed by atoms with Crippen LogP contribution in [0.15, 0.2) is 0 Å². The Morgan fingerprint density at radius 2 is 2.00 bits per heavy atom. The van der Waals surface area contributed by atoms with Crippen LogP contribution in [0, 0.1) is 5.92 Å². The molecule has 1 unspecified atom stereocenters. The lowest BCUT2D eigenvalue weighted by Gasteiger charge is -2.35.